The molecule has 0 aromatic carbocycles. The van der Waals surface area contributed by atoms with E-state index in [1.54, 1.807) is 43.6 Å². The number of amides is 1. The van der Waals surface area contributed by atoms with E-state index < -0.39 is 0 Å². The first-order chi connectivity index (χ1) is 10.6. The highest BCUT2D eigenvalue weighted by atomic mass is 16.5. The van der Waals surface area contributed by atoms with Crippen LogP contribution < -0.4 is 10.1 Å². The Balaban J connectivity index is 2.10. The van der Waals surface area contributed by atoms with Crippen LogP contribution in [0.2, 0.25) is 0 Å². The van der Waals surface area contributed by atoms with Crippen LogP contribution in [0.5, 0.6) is 5.75 Å². The Morgan fingerprint density at radius 2 is 2.18 bits per heavy atom. The zero-order valence-electron chi connectivity index (χ0n) is 12.9. The summed E-state index contributed by atoms with van der Waals surface area (Å²) in [7, 11) is 1.62. The molecule has 0 aliphatic carbocycles. The maximum atomic E-state index is 12.2. The van der Waals surface area contributed by atoms with Crippen LogP contribution in [-0.4, -0.2) is 35.7 Å². The Morgan fingerprint density at radius 3 is 2.86 bits per heavy atom. The Hall–Kier alpha value is -2.47. The van der Waals surface area contributed by atoms with Crippen LogP contribution in [0.3, 0.4) is 0 Å². The van der Waals surface area contributed by atoms with Crippen LogP contribution in [-0.2, 0) is 4.74 Å². The van der Waals surface area contributed by atoms with E-state index in [9.17, 15) is 4.79 Å². The maximum Gasteiger partial charge on any atom is 0.275 e. The van der Waals surface area contributed by atoms with Gasteiger partial charge in [-0.2, -0.15) is 0 Å². The predicted octanol–water partition coefficient (Wildman–Crippen LogP) is 2.45. The number of aryl methyl sites for hydroxylation is 1. The molecule has 0 spiro atoms. The third kappa shape index (κ3) is 4.53. The topological polar surface area (TPSA) is 73.3 Å². The molecule has 0 saturated heterocycles. The molecule has 2 aromatic heterocycles. The quantitative estimate of drug-likeness (QED) is 0.887. The lowest BCUT2D eigenvalue weighted by Crippen LogP contribution is -2.18. The molecule has 0 fully saturated rings. The van der Waals surface area contributed by atoms with Crippen LogP contribution in [0.25, 0.3) is 0 Å². The fourth-order valence-electron chi connectivity index (χ4n) is 1.74. The van der Waals surface area contributed by atoms with Gasteiger partial charge in [0.25, 0.3) is 5.91 Å². The smallest absolute Gasteiger partial charge is 0.275 e. The summed E-state index contributed by atoms with van der Waals surface area (Å²) in [6, 6.07) is 8.68. The number of rotatable bonds is 6. The van der Waals surface area contributed by atoms with E-state index in [0.29, 0.717) is 23.9 Å². The van der Waals surface area contributed by atoms with Gasteiger partial charge in [-0.1, -0.05) is 6.07 Å². The molecule has 1 N–H and O–H groups in total. The number of carbonyl (C=O) groups excluding carboxylic acids is 1. The number of hydrogen-bond acceptors (Lipinski definition) is 5. The Labute approximate surface area is 129 Å². The molecule has 0 unspecified atom stereocenters. The number of methoxy groups -OCH3 is 1. The Bertz CT molecular complexity index is 632. The molecule has 2 aromatic rings. The number of ether oxygens (including phenoxy) is 2. The van der Waals surface area contributed by atoms with E-state index >= 15 is 0 Å². The summed E-state index contributed by atoms with van der Waals surface area (Å²) in [4.78, 5) is 20.5. The molecular weight excluding hydrogens is 282 g/mol. The molecule has 2 heterocycles. The van der Waals surface area contributed by atoms with Crippen LogP contribution in [0.4, 0.5) is 5.82 Å². The van der Waals surface area contributed by atoms with Gasteiger partial charge < -0.3 is 14.8 Å². The number of nitrogens with zero attached hydrogens (tertiary/aromatic N) is 2. The molecule has 116 valence electrons. The van der Waals surface area contributed by atoms with Crippen molar-refractivity contribution in [1.82, 2.24) is 9.97 Å². The fourth-order valence-corrected chi connectivity index (χ4v) is 1.74. The zero-order chi connectivity index (χ0) is 15.9. The van der Waals surface area contributed by atoms with Crippen LogP contribution in [0.15, 0.2) is 36.5 Å². The maximum absolute atomic E-state index is 12.2. The SMILES string of the molecule is CO[C@@H](C)COc1cc(C)nc(C(=O)Nc2ccccn2)c1. The number of carbonyl (C=O) groups is 1. The number of nitrogens with one attached hydrogen (secondary N) is 1. The van der Waals surface area contributed by atoms with Gasteiger partial charge >= 0.3 is 0 Å². The van der Waals surface area contributed by atoms with E-state index in [2.05, 4.69) is 15.3 Å². The monoisotopic (exact) mass is 301 g/mol. The normalized spacial score (nSPS) is 11.8. The van der Waals surface area contributed by atoms with Crippen molar-refractivity contribution >= 4 is 11.7 Å². The second kappa shape index (κ2) is 7.51. The molecule has 22 heavy (non-hydrogen) atoms. The van der Waals surface area contributed by atoms with Crippen molar-refractivity contribution in [3.8, 4) is 5.75 Å². The first-order valence-corrected chi connectivity index (χ1v) is 6.95. The highest BCUT2D eigenvalue weighted by Crippen LogP contribution is 2.15. The average Bonchev–Trinajstić information content (AvgIpc) is 2.53. The molecule has 6 nitrogen and oxygen atoms in total. The first kappa shape index (κ1) is 15.9. The second-order valence-corrected chi connectivity index (χ2v) is 4.86. The van der Waals surface area contributed by atoms with Gasteiger partial charge in [-0.05, 0) is 26.0 Å². The van der Waals surface area contributed by atoms with E-state index in [1.165, 1.54) is 0 Å². The first-order valence-electron chi connectivity index (χ1n) is 6.95. The number of aromatic nitrogens is 2. The number of pyridine rings is 2. The van der Waals surface area contributed by atoms with Gasteiger partial charge in [-0.3, -0.25) is 4.79 Å². The molecule has 1 atom stereocenters. The largest absolute Gasteiger partial charge is 0.491 e. The summed E-state index contributed by atoms with van der Waals surface area (Å²) in [5.74, 6) is 0.737. The number of hydrogen-bond donors (Lipinski definition) is 1. The van der Waals surface area contributed by atoms with E-state index in [-0.39, 0.29) is 17.7 Å². The van der Waals surface area contributed by atoms with Gasteiger partial charge in [-0.15, -0.1) is 0 Å². The third-order valence-electron chi connectivity index (χ3n) is 2.95. The summed E-state index contributed by atoms with van der Waals surface area (Å²) < 4.78 is 10.8. The van der Waals surface area contributed by atoms with E-state index in [0.717, 1.165) is 0 Å². The molecule has 0 bridgehead atoms. The summed E-state index contributed by atoms with van der Waals surface area (Å²) in [6.07, 6.45) is 1.58. The Morgan fingerprint density at radius 1 is 1.36 bits per heavy atom. The standard InChI is InChI=1S/C16H19N3O3/c1-11-8-13(22-10-12(2)21-3)9-14(18-11)16(20)19-15-6-4-5-7-17-15/h4-9,12H,10H2,1-3H3,(H,17,19,20)/t12-/m0/s1. The minimum Gasteiger partial charge on any atom is -0.491 e. The van der Waals surface area contributed by atoms with Crippen LogP contribution in [0.1, 0.15) is 23.1 Å². The molecule has 1 amide bonds. The summed E-state index contributed by atoms with van der Waals surface area (Å²) in [5.41, 5.74) is 0.986. The lowest BCUT2D eigenvalue weighted by Gasteiger charge is -2.12. The van der Waals surface area contributed by atoms with Crippen LogP contribution in [0, 0.1) is 6.92 Å². The van der Waals surface area contributed by atoms with Gasteiger partial charge in [0.1, 0.15) is 23.9 Å². The molecular formula is C16H19N3O3. The van der Waals surface area contributed by atoms with Crippen molar-refractivity contribution in [1.29, 1.82) is 0 Å². The summed E-state index contributed by atoms with van der Waals surface area (Å²) in [5, 5.41) is 2.70. The second-order valence-electron chi connectivity index (χ2n) is 4.86. The van der Waals surface area contributed by atoms with Crippen molar-refractivity contribution in [2.24, 2.45) is 0 Å². The fraction of sp³-hybridized carbons (Fsp3) is 0.312. The van der Waals surface area contributed by atoms with Crippen molar-refractivity contribution < 1.29 is 14.3 Å². The lowest BCUT2D eigenvalue weighted by atomic mass is 10.2. The molecule has 0 radical (unpaired) electrons. The van der Waals surface area contributed by atoms with E-state index in [1.807, 2.05) is 13.8 Å². The Kier molecular flexibility index (Phi) is 5.43. The predicted molar refractivity (Wildman–Crippen MR) is 83.1 cm³/mol. The average molecular weight is 301 g/mol. The minimum absolute atomic E-state index is 0.0285. The van der Waals surface area contributed by atoms with Gasteiger partial charge in [0.2, 0.25) is 0 Å². The molecule has 2 rings (SSSR count). The number of anilines is 1. The summed E-state index contributed by atoms with van der Waals surface area (Å²) >= 11 is 0. The lowest BCUT2D eigenvalue weighted by molar-refractivity contribution is 0.0715. The van der Waals surface area contributed by atoms with Crippen molar-refractivity contribution in [3.05, 3.63) is 47.9 Å². The minimum atomic E-state index is -0.327. The zero-order valence-corrected chi connectivity index (χ0v) is 12.9. The van der Waals surface area contributed by atoms with Crippen LogP contribution >= 0.6 is 0 Å². The highest BCUT2D eigenvalue weighted by molar-refractivity contribution is 6.02. The summed E-state index contributed by atoms with van der Waals surface area (Å²) in [6.45, 7) is 4.12. The third-order valence-corrected chi connectivity index (χ3v) is 2.95. The van der Waals surface area contributed by atoms with Gasteiger partial charge in [0.15, 0.2) is 0 Å². The van der Waals surface area contributed by atoms with Crippen molar-refractivity contribution in [2.75, 3.05) is 19.0 Å². The molecule has 0 saturated carbocycles. The van der Waals surface area contributed by atoms with Gasteiger partial charge in [-0.25, -0.2) is 9.97 Å². The van der Waals surface area contributed by atoms with Crippen molar-refractivity contribution in [3.63, 3.8) is 0 Å². The van der Waals surface area contributed by atoms with E-state index in [4.69, 9.17) is 9.47 Å². The van der Waals surface area contributed by atoms with Gasteiger partial charge in [0, 0.05) is 31.1 Å². The molecule has 0 aliphatic rings. The van der Waals surface area contributed by atoms with Crippen molar-refractivity contribution in [2.45, 2.75) is 20.0 Å². The highest BCUT2D eigenvalue weighted by Gasteiger charge is 2.11. The van der Waals surface area contributed by atoms with Gasteiger partial charge in [0.05, 0.1) is 6.10 Å². The molecule has 0 aliphatic heterocycles. The molecule has 6 heteroatoms.